The van der Waals surface area contributed by atoms with Gasteiger partial charge in [-0.15, -0.1) is 0 Å². The summed E-state index contributed by atoms with van der Waals surface area (Å²) >= 11 is 0. The molecule has 3 N–H and O–H groups in total. The first-order valence-electron chi connectivity index (χ1n) is 5.98. The molecule has 0 radical (unpaired) electrons. The number of aliphatic carboxylic acids is 1. The van der Waals surface area contributed by atoms with Crippen molar-refractivity contribution >= 4 is 12.0 Å². The average molecular weight is 260 g/mol. The highest BCUT2D eigenvalue weighted by molar-refractivity contribution is 5.82. The first kappa shape index (κ1) is 14.7. The van der Waals surface area contributed by atoms with Crippen LogP contribution < -0.4 is 5.32 Å². The number of morpholine rings is 1. The molecule has 0 aromatic heterocycles. The molecule has 3 atom stereocenters. The maximum Gasteiger partial charge on any atom is 0.326 e. The van der Waals surface area contributed by atoms with Gasteiger partial charge in [-0.2, -0.15) is 0 Å². The number of ether oxygens (including phenoxy) is 1. The van der Waals surface area contributed by atoms with Crippen LogP contribution in [0.15, 0.2) is 0 Å². The van der Waals surface area contributed by atoms with E-state index in [1.165, 1.54) is 4.90 Å². The van der Waals surface area contributed by atoms with Crippen molar-refractivity contribution in [2.75, 3.05) is 19.7 Å². The van der Waals surface area contributed by atoms with Gasteiger partial charge in [0.05, 0.1) is 12.2 Å². The van der Waals surface area contributed by atoms with E-state index < -0.39 is 18.0 Å². The topological polar surface area (TPSA) is 99.1 Å². The Bertz CT molecular complexity index is 300. The van der Waals surface area contributed by atoms with Gasteiger partial charge in [0, 0.05) is 26.1 Å². The van der Waals surface area contributed by atoms with Crippen LogP contribution in [0.25, 0.3) is 0 Å². The van der Waals surface area contributed by atoms with Gasteiger partial charge in [-0.05, 0) is 13.8 Å². The zero-order valence-corrected chi connectivity index (χ0v) is 10.6. The second-order valence-corrected chi connectivity index (χ2v) is 4.51. The largest absolute Gasteiger partial charge is 0.480 e. The van der Waals surface area contributed by atoms with Crippen LogP contribution in [0.3, 0.4) is 0 Å². The van der Waals surface area contributed by atoms with Crippen molar-refractivity contribution in [2.45, 2.75) is 38.5 Å². The molecule has 1 saturated heterocycles. The second kappa shape index (κ2) is 6.55. The second-order valence-electron chi connectivity index (χ2n) is 4.51. The quantitative estimate of drug-likeness (QED) is 0.641. The van der Waals surface area contributed by atoms with E-state index in [-0.39, 0.29) is 25.2 Å². The van der Waals surface area contributed by atoms with Crippen molar-refractivity contribution < 1.29 is 24.5 Å². The van der Waals surface area contributed by atoms with Gasteiger partial charge >= 0.3 is 12.0 Å². The molecule has 0 aromatic rings. The van der Waals surface area contributed by atoms with Crippen LogP contribution in [0.5, 0.6) is 0 Å². The zero-order chi connectivity index (χ0) is 13.7. The SMILES string of the molecule is C[C@@H]1CN(C(=O)N[C@H](CCO)C(=O)O)C[C@H](C)O1. The monoisotopic (exact) mass is 260 g/mol. The fraction of sp³-hybridized carbons (Fsp3) is 0.818. The molecule has 0 saturated carbocycles. The van der Waals surface area contributed by atoms with Crippen molar-refractivity contribution in [3.05, 3.63) is 0 Å². The molecule has 1 rings (SSSR count). The van der Waals surface area contributed by atoms with E-state index in [4.69, 9.17) is 14.9 Å². The number of rotatable bonds is 4. The van der Waals surface area contributed by atoms with Gasteiger partial charge in [0.15, 0.2) is 0 Å². The van der Waals surface area contributed by atoms with E-state index in [2.05, 4.69) is 5.32 Å². The minimum absolute atomic E-state index is 0.00345. The number of hydrogen-bond acceptors (Lipinski definition) is 4. The van der Waals surface area contributed by atoms with E-state index in [0.717, 1.165) is 0 Å². The standard InChI is InChI=1S/C11H20N2O5/c1-7-5-13(6-8(2)18-7)11(17)12-9(3-4-14)10(15)16/h7-9,14H,3-6H2,1-2H3,(H,12,17)(H,15,16)/t7-,8+,9-/m1/s1. The molecular weight excluding hydrogens is 240 g/mol. The molecular formula is C11H20N2O5. The summed E-state index contributed by atoms with van der Waals surface area (Å²) in [5.41, 5.74) is 0. The lowest BCUT2D eigenvalue weighted by molar-refractivity contribution is -0.139. The lowest BCUT2D eigenvalue weighted by Gasteiger charge is -2.35. The lowest BCUT2D eigenvalue weighted by Crippen LogP contribution is -2.54. The van der Waals surface area contributed by atoms with Crippen LogP contribution in [0.1, 0.15) is 20.3 Å². The molecule has 1 aliphatic heterocycles. The minimum atomic E-state index is -1.15. The van der Waals surface area contributed by atoms with E-state index in [9.17, 15) is 9.59 Å². The number of amides is 2. The Labute approximate surface area is 106 Å². The first-order valence-corrected chi connectivity index (χ1v) is 5.98. The number of carboxylic acid groups (broad SMARTS) is 1. The van der Waals surface area contributed by atoms with E-state index in [0.29, 0.717) is 13.1 Å². The zero-order valence-electron chi connectivity index (χ0n) is 10.6. The van der Waals surface area contributed by atoms with Crippen molar-refractivity contribution in [1.29, 1.82) is 0 Å². The van der Waals surface area contributed by atoms with Crippen LogP contribution in [-0.2, 0) is 9.53 Å². The van der Waals surface area contributed by atoms with Gasteiger partial charge in [-0.3, -0.25) is 0 Å². The van der Waals surface area contributed by atoms with Crippen molar-refractivity contribution in [3.63, 3.8) is 0 Å². The molecule has 1 heterocycles. The number of urea groups is 1. The molecule has 0 unspecified atom stereocenters. The highest BCUT2D eigenvalue weighted by atomic mass is 16.5. The van der Waals surface area contributed by atoms with E-state index in [1.54, 1.807) is 0 Å². The molecule has 1 fully saturated rings. The predicted molar refractivity (Wildman–Crippen MR) is 63.2 cm³/mol. The fourth-order valence-electron chi connectivity index (χ4n) is 1.97. The summed E-state index contributed by atoms with van der Waals surface area (Å²) in [4.78, 5) is 24.3. The maximum absolute atomic E-state index is 11.9. The number of aliphatic hydroxyl groups excluding tert-OH is 1. The Kier molecular flexibility index (Phi) is 5.36. The molecule has 104 valence electrons. The molecule has 1 aliphatic rings. The van der Waals surface area contributed by atoms with Crippen molar-refractivity contribution in [1.82, 2.24) is 10.2 Å². The Hall–Kier alpha value is -1.34. The minimum Gasteiger partial charge on any atom is -0.480 e. The first-order chi connectivity index (χ1) is 8.43. The van der Waals surface area contributed by atoms with Crippen LogP contribution in [0.2, 0.25) is 0 Å². The number of aliphatic hydroxyl groups is 1. The predicted octanol–water partition coefficient (Wildman–Crippen LogP) is -0.359. The van der Waals surface area contributed by atoms with Gasteiger partial charge < -0.3 is 25.2 Å². The Morgan fingerprint density at radius 1 is 1.39 bits per heavy atom. The number of nitrogens with zero attached hydrogens (tertiary/aromatic N) is 1. The molecule has 0 aromatic carbocycles. The summed E-state index contributed by atoms with van der Waals surface area (Å²) in [7, 11) is 0. The lowest BCUT2D eigenvalue weighted by atomic mass is 10.2. The Balaban J connectivity index is 2.55. The maximum atomic E-state index is 11.9. The van der Waals surface area contributed by atoms with Crippen LogP contribution >= 0.6 is 0 Å². The number of hydrogen-bond donors (Lipinski definition) is 3. The van der Waals surface area contributed by atoms with Gasteiger partial charge in [0.1, 0.15) is 6.04 Å². The van der Waals surface area contributed by atoms with Gasteiger partial charge in [-0.1, -0.05) is 0 Å². The number of carboxylic acids is 1. The van der Waals surface area contributed by atoms with Gasteiger partial charge in [0.25, 0.3) is 0 Å². The molecule has 18 heavy (non-hydrogen) atoms. The summed E-state index contributed by atoms with van der Waals surface area (Å²) in [6.45, 7) is 4.30. The summed E-state index contributed by atoms with van der Waals surface area (Å²) in [6.07, 6.45) is -0.141. The fourth-order valence-corrected chi connectivity index (χ4v) is 1.97. The number of carbonyl (C=O) groups is 2. The highest BCUT2D eigenvalue weighted by Gasteiger charge is 2.28. The highest BCUT2D eigenvalue weighted by Crippen LogP contribution is 2.10. The van der Waals surface area contributed by atoms with Crippen molar-refractivity contribution in [2.24, 2.45) is 0 Å². The third-order valence-corrected chi connectivity index (χ3v) is 2.72. The number of nitrogens with one attached hydrogen (secondary N) is 1. The van der Waals surface area contributed by atoms with Crippen LogP contribution in [-0.4, -0.2) is 65.1 Å². The van der Waals surface area contributed by atoms with Crippen LogP contribution in [0.4, 0.5) is 4.79 Å². The summed E-state index contributed by atoms with van der Waals surface area (Å²) < 4.78 is 5.49. The third kappa shape index (κ3) is 4.15. The summed E-state index contributed by atoms with van der Waals surface area (Å²) in [6, 6.07) is -1.49. The molecule has 0 bridgehead atoms. The van der Waals surface area contributed by atoms with Gasteiger partial charge in [0.2, 0.25) is 0 Å². The Morgan fingerprint density at radius 2 is 1.94 bits per heavy atom. The summed E-state index contributed by atoms with van der Waals surface area (Å²) in [5.74, 6) is -1.15. The van der Waals surface area contributed by atoms with Gasteiger partial charge in [-0.25, -0.2) is 9.59 Å². The van der Waals surface area contributed by atoms with Crippen molar-refractivity contribution in [3.8, 4) is 0 Å². The Morgan fingerprint density at radius 3 is 2.39 bits per heavy atom. The molecule has 2 amide bonds. The molecule has 7 nitrogen and oxygen atoms in total. The molecule has 0 aliphatic carbocycles. The average Bonchev–Trinajstić information content (AvgIpc) is 2.26. The summed E-state index contributed by atoms with van der Waals surface area (Å²) in [5, 5.41) is 20.0. The van der Waals surface area contributed by atoms with E-state index >= 15 is 0 Å². The molecule has 0 spiro atoms. The molecule has 7 heteroatoms. The normalized spacial score (nSPS) is 25.6. The van der Waals surface area contributed by atoms with E-state index in [1.807, 2.05) is 13.8 Å². The van der Waals surface area contributed by atoms with Crippen LogP contribution in [0, 0.1) is 0 Å². The number of carbonyl (C=O) groups excluding carboxylic acids is 1. The third-order valence-electron chi connectivity index (χ3n) is 2.72. The smallest absolute Gasteiger partial charge is 0.326 e.